The highest BCUT2D eigenvalue weighted by molar-refractivity contribution is 7.89. The Morgan fingerprint density at radius 3 is 2.57 bits per heavy atom. The predicted octanol–water partition coefficient (Wildman–Crippen LogP) is 5.71. The van der Waals surface area contributed by atoms with Gasteiger partial charge in [0.1, 0.15) is 0 Å². The van der Waals surface area contributed by atoms with Crippen LogP contribution in [0, 0.1) is 46.3 Å². The molecular formula is C30H46N2O4S. The van der Waals surface area contributed by atoms with Gasteiger partial charge in [-0.25, -0.2) is 13.6 Å². The van der Waals surface area contributed by atoms with Gasteiger partial charge in [0.15, 0.2) is 0 Å². The minimum absolute atomic E-state index is 0.00601. The maximum absolute atomic E-state index is 12.7. The molecule has 1 amide bonds. The lowest BCUT2D eigenvalue weighted by Gasteiger charge is -2.61. The van der Waals surface area contributed by atoms with Crippen molar-refractivity contribution >= 4 is 21.6 Å². The van der Waals surface area contributed by atoms with Gasteiger partial charge in [-0.2, -0.15) is 0 Å². The SMILES string of the molecule is C[C@H](CCC(=O)Nc1cccc(S(N)(=O)=O)c1)[C@H]1CC[C@H]2[C@@H]3CC[C@@H]4C[C@H](O)CC[C@]4(C)[C@H]3CC[C@]12C. The Labute approximate surface area is 223 Å². The van der Waals surface area contributed by atoms with Gasteiger partial charge in [-0.15, -0.1) is 0 Å². The van der Waals surface area contributed by atoms with E-state index in [9.17, 15) is 18.3 Å². The van der Waals surface area contributed by atoms with Crippen LogP contribution in [0.25, 0.3) is 0 Å². The fourth-order valence-corrected chi connectivity index (χ4v) is 10.3. The monoisotopic (exact) mass is 530 g/mol. The lowest BCUT2D eigenvalue weighted by atomic mass is 9.44. The Morgan fingerprint density at radius 2 is 1.81 bits per heavy atom. The second-order valence-electron chi connectivity index (χ2n) is 13.5. The highest BCUT2D eigenvalue weighted by atomic mass is 32.2. The molecule has 0 unspecified atom stereocenters. The second-order valence-corrected chi connectivity index (χ2v) is 15.0. The van der Waals surface area contributed by atoms with Gasteiger partial charge >= 0.3 is 0 Å². The number of carbonyl (C=O) groups is 1. The number of hydrogen-bond donors (Lipinski definition) is 3. The quantitative estimate of drug-likeness (QED) is 0.438. The number of anilines is 1. The molecule has 4 saturated carbocycles. The van der Waals surface area contributed by atoms with E-state index in [1.807, 2.05) is 0 Å². The Hall–Kier alpha value is -1.44. The fourth-order valence-electron chi connectivity index (χ4n) is 9.74. The number of fused-ring (bicyclic) bond motifs is 5. The molecule has 0 aromatic heterocycles. The van der Waals surface area contributed by atoms with Gasteiger partial charge in [-0.3, -0.25) is 4.79 Å². The molecule has 0 saturated heterocycles. The van der Waals surface area contributed by atoms with E-state index in [4.69, 9.17) is 5.14 Å². The summed E-state index contributed by atoms with van der Waals surface area (Å²) in [4.78, 5) is 12.7. The van der Waals surface area contributed by atoms with Crippen molar-refractivity contribution in [3.63, 3.8) is 0 Å². The van der Waals surface area contributed by atoms with E-state index in [-0.39, 0.29) is 16.9 Å². The molecule has 4 N–H and O–H groups in total. The van der Waals surface area contributed by atoms with Crippen molar-refractivity contribution in [2.24, 2.45) is 51.5 Å². The van der Waals surface area contributed by atoms with Gasteiger partial charge < -0.3 is 10.4 Å². The van der Waals surface area contributed by atoms with E-state index in [1.165, 1.54) is 57.1 Å². The summed E-state index contributed by atoms with van der Waals surface area (Å²) in [5.74, 6) is 4.17. The van der Waals surface area contributed by atoms with Crippen LogP contribution >= 0.6 is 0 Å². The van der Waals surface area contributed by atoms with E-state index >= 15 is 0 Å². The lowest BCUT2D eigenvalue weighted by molar-refractivity contribution is -0.129. The molecule has 37 heavy (non-hydrogen) atoms. The van der Waals surface area contributed by atoms with Crippen LogP contribution in [0.5, 0.6) is 0 Å². The molecule has 1 aromatic rings. The summed E-state index contributed by atoms with van der Waals surface area (Å²) in [5.41, 5.74) is 1.24. The lowest BCUT2D eigenvalue weighted by Crippen LogP contribution is -2.54. The maximum Gasteiger partial charge on any atom is 0.238 e. The standard InChI is InChI=1S/C30H46N2O4S/c1-19(7-12-28(34)32-21-5-4-6-23(18-21)37(31,35)36)25-10-11-26-24-9-8-20-17-22(33)13-15-29(20,2)27(24)14-16-30(25,26)3/h4-6,18-20,22,24-27,33H,7-17H2,1-3H3,(H,32,34)(H2,31,35,36)/t19-,20-,22-,24+,25-,26+,27+,29+,30-/m1/s1. The molecule has 0 spiro atoms. The van der Waals surface area contributed by atoms with Crippen LogP contribution in [0.4, 0.5) is 5.69 Å². The number of rotatable bonds is 6. The van der Waals surface area contributed by atoms with E-state index < -0.39 is 10.0 Å². The molecule has 4 aliphatic rings. The fraction of sp³-hybridized carbons (Fsp3) is 0.767. The Kier molecular flexibility index (Phi) is 7.29. The summed E-state index contributed by atoms with van der Waals surface area (Å²) >= 11 is 0. The first-order valence-electron chi connectivity index (χ1n) is 14.5. The van der Waals surface area contributed by atoms with Crippen molar-refractivity contribution in [1.82, 2.24) is 0 Å². The van der Waals surface area contributed by atoms with Gasteiger partial charge in [0.2, 0.25) is 15.9 Å². The van der Waals surface area contributed by atoms with Crippen molar-refractivity contribution < 1.29 is 18.3 Å². The summed E-state index contributed by atoms with van der Waals surface area (Å²) in [6.45, 7) is 7.44. The third-order valence-corrected chi connectivity index (χ3v) is 12.6. The summed E-state index contributed by atoms with van der Waals surface area (Å²) in [5, 5.41) is 18.4. The smallest absolute Gasteiger partial charge is 0.238 e. The Balaban J connectivity index is 1.20. The van der Waals surface area contributed by atoms with Crippen molar-refractivity contribution in [1.29, 1.82) is 0 Å². The number of carbonyl (C=O) groups excluding carboxylic acids is 1. The predicted molar refractivity (Wildman–Crippen MR) is 146 cm³/mol. The first kappa shape index (κ1) is 27.1. The first-order valence-corrected chi connectivity index (χ1v) is 16.1. The minimum atomic E-state index is -3.80. The molecule has 0 heterocycles. The normalized spacial score (nSPS) is 40.2. The molecular weight excluding hydrogens is 484 g/mol. The number of nitrogens with two attached hydrogens (primary N) is 1. The maximum atomic E-state index is 12.7. The van der Waals surface area contributed by atoms with Crippen molar-refractivity contribution in [2.75, 3.05) is 5.32 Å². The van der Waals surface area contributed by atoms with Crippen LogP contribution in [-0.4, -0.2) is 25.5 Å². The van der Waals surface area contributed by atoms with E-state index in [0.29, 0.717) is 40.7 Å². The minimum Gasteiger partial charge on any atom is -0.393 e. The molecule has 9 atom stereocenters. The van der Waals surface area contributed by atoms with Gasteiger partial charge in [0.05, 0.1) is 11.0 Å². The Bertz CT molecular complexity index is 1120. The average molecular weight is 531 g/mol. The van der Waals surface area contributed by atoms with Crippen LogP contribution in [-0.2, 0) is 14.8 Å². The summed E-state index contributed by atoms with van der Waals surface area (Å²) < 4.78 is 23.2. The number of benzene rings is 1. The van der Waals surface area contributed by atoms with Crippen molar-refractivity contribution in [3.8, 4) is 0 Å². The number of hydrogen-bond acceptors (Lipinski definition) is 4. The molecule has 0 bridgehead atoms. The number of primary sulfonamides is 1. The van der Waals surface area contributed by atoms with Crippen LogP contribution in [0.15, 0.2) is 29.2 Å². The Morgan fingerprint density at radius 1 is 1.08 bits per heavy atom. The van der Waals surface area contributed by atoms with Crippen molar-refractivity contribution in [2.45, 2.75) is 102 Å². The van der Waals surface area contributed by atoms with E-state index in [2.05, 4.69) is 26.1 Å². The molecule has 4 aliphatic carbocycles. The zero-order chi connectivity index (χ0) is 26.6. The average Bonchev–Trinajstić information content (AvgIpc) is 3.20. The molecule has 1 aromatic carbocycles. The van der Waals surface area contributed by atoms with Crippen LogP contribution < -0.4 is 10.5 Å². The molecule has 206 valence electrons. The van der Waals surface area contributed by atoms with Gasteiger partial charge in [-0.05, 0) is 129 Å². The molecule has 0 aliphatic heterocycles. The topological polar surface area (TPSA) is 109 Å². The molecule has 0 radical (unpaired) electrons. The van der Waals surface area contributed by atoms with Crippen LogP contribution in [0.1, 0.15) is 91.4 Å². The number of nitrogens with one attached hydrogen (secondary N) is 1. The van der Waals surface area contributed by atoms with Gasteiger partial charge in [0, 0.05) is 12.1 Å². The van der Waals surface area contributed by atoms with Crippen LogP contribution in [0.2, 0.25) is 0 Å². The van der Waals surface area contributed by atoms with Gasteiger partial charge in [-0.1, -0.05) is 26.8 Å². The largest absolute Gasteiger partial charge is 0.393 e. The van der Waals surface area contributed by atoms with E-state index in [0.717, 1.165) is 37.0 Å². The number of aliphatic hydroxyl groups is 1. The number of aliphatic hydroxyl groups excluding tert-OH is 1. The third-order valence-electron chi connectivity index (χ3n) is 11.7. The number of amides is 1. The molecule has 4 fully saturated rings. The molecule has 5 rings (SSSR count). The van der Waals surface area contributed by atoms with Gasteiger partial charge in [0.25, 0.3) is 0 Å². The zero-order valence-corrected chi connectivity index (χ0v) is 23.6. The number of sulfonamides is 1. The summed E-state index contributed by atoms with van der Waals surface area (Å²) in [6.07, 6.45) is 12.2. The van der Waals surface area contributed by atoms with E-state index in [1.54, 1.807) is 12.1 Å². The molecule has 7 heteroatoms. The highest BCUT2D eigenvalue weighted by Gasteiger charge is 2.60. The summed E-state index contributed by atoms with van der Waals surface area (Å²) in [7, 11) is -3.80. The highest BCUT2D eigenvalue weighted by Crippen LogP contribution is 2.68. The van der Waals surface area contributed by atoms with Crippen molar-refractivity contribution in [3.05, 3.63) is 24.3 Å². The zero-order valence-electron chi connectivity index (χ0n) is 22.8. The third kappa shape index (κ3) is 5.00. The first-order chi connectivity index (χ1) is 17.4. The summed E-state index contributed by atoms with van der Waals surface area (Å²) in [6, 6.07) is 6.14. The molecule has 6 nitrogen and oxygen atoms in total. The second kappa shape index (κ2) is 9.95. The van der Waals surface area contributed by atoms with Crippen LogP contribution in [0.3, 0.4) is 0 Å².